The number of amides is 1. The van der Waals surface area contributed by atoms with Crippen LogP contribution in [0.3, 0.4) is 0 Å². The van der Waals surface area contributed by atoms with E-state index in [4.69, 9.17) is 0 Å². The van der Waals surface area contributed by atoms with Gasteiger partial charge in [0.2, 0.25) is 5.91 Å². The van der Waals surface area contributed by atoms with Crippen molar-refractivity contribution in [1.82, 2.24) is 9.97 Å². The molecule has 0 saturated carbocycles. The number of aromatic nitrogens is 2. The number of nitrogens with zero attached hydrogens (tertiary/aromatic N) is 2. The number of carbonyl (C=O) groups is 1. The number of carbonyl (C=O) groups excluding carboxylic acids is 1. The van der Waals surface area contributed by atoms with Crippen LogP contribution >= 0.6 is 0 Å². The van der Waals surface area contributed by atoms with Crippen LogP contribution in [0.1, 0.15) is 38.3 Å². The fourth-order valence-electron chi connectivity index (χ4n) is 3.60. The molecule has 27 heavy (non-hydrogen) atoms. The minimum Gasteiger partial charge on any atom is -0.376 e. The Morgan fingerprint density at radius 1 is 1.07 bits per heavy atom. The largest absolute Gasteiger partial charge is 0.376 e. The molecule has 5 nitrogen and oxygen atoms in total. The molecule has 3 heterocycles. The molecule has 2 N–H and O–H groups in total. The molecule has 140 valence electrons. The first-order valence-corrected chi connectivity index (χ1v) is 9.36. The highest BCUT2D eigenvalue weighted by Crippen LogP contribution is 2.41. The van der Waals surface area contributed by atoms with Crippen LogP contribution in [0.4, 0.5) is 11.4 Å². The summed E-state index contributed by atoms with van der Waals surface area (Å²) in [6.07, 6.45) is 5.19. The maximum Gasteiger partial charge on any atom is 0.224 e. The van der Waals surface area contributed by atoms with Crippen LogP contribution < -0.4 is 10.2 Å². The molecule has 0 spiro atoms. The van der Waals surface area contributed by atoms with Gasteiger partial charge in [0.25, 0.3) is 0 Å². The van der Waals surface area contributed by atoms with Gasteiger partial charge in [0.05, 0.1) is 17.6 Å². The molecule has 1 amide bonds. The fourth-order valence-corrected chi connectivity index (χ4v) is 3.60. The summed E-state index contributed by atoms with van der Waals surface area (Å²) in [5.74, 6) is 0.0826. The number of hydrogen-bond donors (Lipinski definition) is 2. The van der Waals surface area contributed by atoms with Crippen molar-refractivity contribution in [2.24, 2.45) is 0 Å². The molecule has 0 radical (unpaired) electrons. The van der Waals surface area contributed by atoms with Gasteiger partial charge in [-0.25, -0.2) is 4.98 Å². The SMILES string of the molecule is CN(C)c1cnc2[nH]cc(-c3cc(C(C)(C)C)cc4c3NC(=O)CC4)c2c1. The van der Waals surface area contributed by atoms with Crippen LogP contribution in [-0.2, 0) is 16.6 Å². The van der Waals surface area contributed by atoms with E-state index in [1.54, 1.807) is 0 Å². The second-order valence-corrected chi connectivity index (χ2v) is 8.54. The van der Waals surface area contributed by atoms with E-state index in [0.717, 1.165) is 40.0 Å². The minimum atomic E-state index is 0.0321. The maximum absolute atomic E-state index is 12.1. The summed E-state index contributed by atoms with van der Waals surface area (Å²) in [4.78, 5) is 22.0. The normalized spacial score (nSPS) is 14.2. The predicted octanol–water partition coefficient (Wildman–Crippen LogP) is 4.48. The van der Waals surface area contributed by atoms with Crippen LogP contribution in [0.25, 0.3) is 22.2 Å². The molecule has 0 aliphatic carbocycles. The number of H-pyrrole nitrogens is 1. The molecule has 1 aromatic carbocycles. The molecule has 0 fully saturated rings. The molecule has 5 heteroatoms. The molecule has 0 saturated heterocycles. The number of benzene rings is 1. The van der Waals surface area contributed by atoms with Crippen molar-refractivity contribution in [3.8, 4) is 11.1 Å². The van der Waals surface area contributed by atoms with Gasteiger partial charge in [0, 0.05) is 43.2 Å². The third kappa shape index (κ3) is 3.07. The first-order valence-electron chi connectivity index (χ1n) is 9.36. The van der Waals surface area contributed by atoms with E-state index < -0.39 is 0 Å². The number of aromatic amines is 1. The van der Waals surface area contributed by atoms with Crippen molar-refractivity contribution < 1.29 is 4.79 Å². The Bertz CT molecular complexity index is 1040. The van der Waals surface area contributed by atoms with Gasteiger partial charge in [-0.05, 0) is 35.1 Å². The second kappa shape index (κ2) is 6.12. The summed E-state index contributed by atoms with van der Waals surface area (Å²) in [5, 5.41) is 4.18. The van der Waals surface area contributed by atoms with E-state index in [9.17, 15) is 4.79 Å². The van der Waals surface area contributed by atoms with Gasteiger partial charge < -0.3 is 15.2 Å². The second-order valence-electron chi connectivity index (χ2n) is 8.54. The Balaban J connectivity index is 1.99. The van der Waals surface area contributed by atoms with E-state index >= 15 is 0 Å². The Labute approximate surface area is 159 Å². The van der Waals surface area contributed by atoms with Crippen LogP contribution in [0.15, 0.2) is 30.6 Å². The number of nitrogens with one attached hydrogen (secondary N) is 2. The minimum absolute atomic E-state index is 0.0321. The van der Waals surface area contributed by atoms with Crippen molar-refractivity contribution in [2.75, 3.05) is 24.3 Å². The standard InChI is InChI=1S/C22H26N4O/c1-22(2,3)14-8-13-6-7-19(27)25-20(13)16(9-14)18-12-24-21-17(18)10-15(11-23-21)26(4)5/h8-12H,6-7H2,1-5H3,(H,23,24)(H,25,27). The first-order chi connectivity index (χ1) is 12.7. The lowest BCUT2D eigenvalue weighted by molar-refractivity contribution is -0.116. The lowest BCUT2D eigenvalue weighted by Crippen LogP contribution is -2.21. The highest BCUT2D eigenvalue weighted by atomic mass is 16.1. The zero-order chi connectivity index (χ0) is 19.3. The van der Waals surface area contributed by atoms with Crippen molar-refractivity contribution in [3.63, 3.8) is 0 Å². The van der Waals surface area contributed by atoms with Gasteiger partial charge in [0.15, 0.2) is 0 Å². The van der Waals surface area contributed by atoms with Crippen molar-refractivity contribution >= 4 is 28.3 Å². The number of aryl methyl sites for hydroxylation is 1. The topological polar surface area (TPSA) is 61.0 Å². The Kier molecular flexibility index (Phi) is 3.98. The van der Waals surface area contributed by atoms with E-state index in [-0.39, 0.29) is 11.3 Å². The molecule has 0 bridgehead atoms. The van der Waals surface area contributed by atoms with Crippen molar-refractivity contribution in [1.29, 1.82) is 0 Å². The van der Waals surface area contributed by atoms with Gasteiger partial charge in [-0.3, -0.25) is 4.79 Å². The molecular formula is C22H26N4O. The number of hydrogen-bond acceptors (Lipinski definition) is 3. The van der Waals surface area contributed by atoms with Crippen LogP contribution in [0, 0.1) is 0 Å². The fraction of sp³-hybridized carbons (Fsp3) is 0.364. The average Bonchev–Trinajstić information content (AvgIpc) is 3.03. The summed E-state index contributed by atoms with van der Waals surface area (Å²) < 4.78 is 0. The van der Waals surface area contributed by atoms with Gasteiger partial charge in [-0.2, -0.15) is 0 Å². The number of pyridine rings is 1. The summed E-state index contributed by atoms with van der Waals surface area (Å²) in [5.41, 5.74) is 7.50. The molecule has 1 aliphatic heterocycles. The quantitative estimate of drug-likeness (QED) is 0.707. The predicted molar refractivity (Wildman–Crippen MR) is 112 cm³/mol. The van der Waals surface area contributed by atoms with Gasteiger partial charge >= 0.3 is 0 Å². The van der Waals surface area contributed by atoms with E-state index in [2.05, 4.69) is 54.3 Å². The molecule has 2 aromatic heterocycles. The summed E-state index contributed by atoms with van der Waals surface area (Å²) in [6, 6.07) is 6.61. The Hall–Kier alpha value is -2.82. The molecule has 1 aliphatic rings. The molecule has 0 atom stereocenters. The van der Waals surface area contributed by atoms with Crippen LogP contribution in [0.2, 0.25) is 0 Å². The van der Waals surface area contributed by atoms with Gasteiger partial charge in [-0.15, -0.1) is 0 Å². The number of rotatable bonds is 2. The van der Waals surface area contributed by atoms with E-state index in [1.165, 1.54) is 11.1 Å². The van der Waals surface area contributed by atoms with E-state index in [1.807, 2.05) is 31.4 Å². The van der Waals surface area contributed by atoms with Crippen molar-refractivity contribution in [3.05, 3.63) is 41.7 Å². The molecule has 3 aromatic rings. The highest BCUT2D eigenvalue weighted by Gasteiger charge is 2.25. The third-order valence-electron chi connectivity index (χ3n) is 5.30. The Morgan fingerprint density at radius 3 is 2.56 bits per heavy atom. The van der Waals surface area contributed by atoms with Gasteiger partial charge in [0.1, 0.15) is 5.65 Å². The lowest BCUT2D eigenvalue weighted by Gasteiger charge is -2.26. The van der Waals surface area contributed by atoms with Gasteiger partial charge in [-0.1, -0.05) is 26.8 Å². The first kappa shape index (κ1) is 17.6. The monoisotopic (exact) mass is 362 g/mol. The highest BCUT2D eigenvalue weighted by molar-refractivity contribution is 6.04. The van der Waals surface area contributed by atoms with Crippen LogP contribution in [0.5, 0.6) is 0 Å². The number of anilines is 2. The molecule has 4 rings (SSSR count). The zero-order valence-electron chi connectivity index (χ0n) is 16.6. The maximum atomic E-state index is 12.1. The summed E-state index contributed by atoms with van der Waals surface area (Å²) >= 11 is 0. The summed E-state index contributed by atoms with van der Waals surface area (Å²) in [6.45, 7) is 6.67. The van der Waals surface area contributed by atoms with E-state index in [0.29, 0.717) is 6.42 Å². The van der Waals surface area contributed by atoms with Crippen LogP contribution in [-0.4, -0.2) is 30.0 Å². The molecular weight excluding hydrogens is 336 g/mol. The smallest absolute Gasteiger partial charge is 0.224 e. The molecule has 0 unspecified atom stereocenters. The summed E-state index contributed by atoms with van der Waals surface area (Å²) in [7, 11) is 4.02. The van der Waals surface area contributed by atoms with Crippen molar-refractivity contribution in [2.45, 2.75) is 39.0 Å². The zero-order valence-corrected chi connectivity index (χ0v) is 16.6. The average molecular weight is 362 g/mol. The Morgan fingerprint density at radius 2 is 1.85 bits per heavy atom. The number of fused-ring (bicyclic) bond motifs is 2. The lowest BCUT2D eigenvalue weighted by atomic mass is 9.82. The third-order valence-corrected chi connectivity index (χ3v) is 5.30.